The van der Waals surface area contributed by atoms with Gasteiger partial charge >= 0.3 is 0 Å². The van der Waals surface area contributed by atoms with Crippen LogP contribution in [0.2, 0.25) is 0 Å². The van der Waals surface area contributed by atoms with Gasteiger partial charge in [0.1, 0.15) is 0 Å². The maximum Gasteiger partial charge on any atom is 0.213 e. The Morgan fingerprint density at radius 1 is 1.23 bits per heavy atom. The number of ether oxygens (including phenoxy) is 1. The second-order valence-corrected chi connectivity index (χ2v) is 7.35. The third kappa shape index (κ3) is 3.09. The molecule has 0 radical (unpaired) electrons. The SMILES string of the molecule is c1nc(C2CCN(Cc3ccc(C4CCCO4)s3)CC2)no1. The van der Waals surface area contributed by atoms with Gasteiger partial charge in [0.25, 0.3) is 0 Å². The molecule has 1 unspecified atom stereocenters. The van der Waals surface area contributed by atoms with Gasteiger partial charge < -0.3 is 9.26 Å². The first-order chi connectivity index (χ1) is 10.9. The van der Waals surface area contributed by atoms with Crippen LogP contribution in [0, 0.1) is 0 Å². The van der Waals surface area contributed by atoms with E-state index in [1.165, 1.54) is 29.0 Å². The van der Waals surface area contributed by atoms with Gasteiger partial charge in [0, 0.05) is 28.8 Å². The van der Waals surface area contributed by atoms with Gasteiger partial charge in [-0.1, -0.05) is 5.16 Å². The quantitative estimate of drug-likeness (QED) is 0.865. The highest BCUT2D eigenvalue weighted by atomic mass is 32.1. The van der Waals surface area contributed by atoms with Crippen LogP contribution in [0.4, 0.5) is 0 Å². The molecular formula is C16H21N3O2S. The molecule has 0 amide bonds. The van der Waals surface area contributed by atoms with Crippen molar-refractivity contribution in [3.05, 3.63) is 34.1 Å². The average Bonchev–Trinajstić information content (AvgIpc) is 3.30. The molecule has 5 nitrogen and oxygen atoms in total. The molecule has 1 atom stereocenters. The van der Waals surface area contributed by atoms with E-state index in [9.17, 15) is 0 Å². The minimum absolute atomic E-state index is 0.350. The predicted octanol–water partition coefficient (Wildman–Crippen LogP) is 3.36. The number of likely N-dealkylation sites (tertiary alicyclic amines) is 1. The molecule has 2 saturated heterocycles. The van der Waals surface area contributed by atoms with Crippen LogP contribution < -0.4 is 0 Å². The van der Waals surface area contributed by atoms with Gasteiger partial charge in [-0.05, 0) is 50.9 Å². The Morgan fingerprint density at radius 2 is 2.14 bits per heavy atom. The van der Waals surface area contributed by atoms with Gasteiger partial charge in [0.2, 0.25) is 6.39 Å². The van der Waals surface area contributed by atoms with Crippen molar-refractivity contribution in [2.45, 2.75) is 44.2 Å². The fourth-order valence-corrected chi connectivity index (χ4v) is 4.52. The van der Waals surface area contributed by atoms with Crippen molar-refractivity contribution in [2.24, 2.45) is 0 Å². The second kappa shape index (κ2) is 6.48. The van der Waals surface area contributed by atoms with Crippen LogP contribution in [-0.4, -0.2) is 34.7 Å². The molecule has 0 saturated carbocycles. The van der Waals surface area contributed by atoms with Gasteiger partial charge in [-0.2, -0.15) is 4.98 Å². The van der Waals surface area contributed by atoms with E-state index in [2.05, 4.69) is 27.2 Å². The van der Waals surface area contributed by atoms with Crippen LogP contribution in [0.15, 0.2) is 23.0 Å². The summed E-state index contributed by atoms with van der Waals surface area (Å²) < 4.78 is 10.6. The van der Waals surface area contributed by atoms with E-state index in [0.717, 1.165) is 44.9 Å². The molecule has 4 heterocycles. The van der Waals surface area contributed by atoms with Gasteiger partial charge in [0.15, 0.2) is 5.82 Å². The number of piperidine rings is 1. The van der Waals surface area contributed by atoms with Crippen molar-refractivity contribution in [1.82, 2.24) is 15.0 Å². The molecule has 2 fully saturated rings. The molecule has 0 N–H and O–H groups in total. The zero-order valence-corrected chi connectivity index (χ0v) is 13.4. The van der Waals surface area contributed by atoms with Crippen molar-refractivity contribution in [1.29, 1.82) is 0 Å². The van der Waals surface area contributed by atoms with Crippen molar-refractivity contribution in [3.8, 4) is 0 Å². The van der Waals surface area contributed by atoms with E-state index >= 15 is 0 Å². The van der Waals surface area contributed by atoms with Crippen molar-refractivity contribution in [2.75, 3.05) is 19.7 Å². The highest BCUT2D eigenvalue weighted by Crippen LogP contribution is 2.34. The fraction of sp³-hybridized carbons (Fsp3) is 0.625. The third-order valence-corrected chi connectivity index (χ3v) is 5.80. The van der Waals surface area contributed by atoms with Crippen molar-refractivity contribution >= 4 is 11.3 Å². The van der Waals surface area contributed by atoms with E-state index in [4.69, 9.17) is 9.26 Å². The fourth-order valence-electron chi connectivity index (χ4n) is 3.38. The summed E-state index contributed by atoms with van der Waals surface area (Å²) in [5, 5.41) is 3.98. The van der Waals surface area contributed by atoms with Crippen LogP contribution in [0.3, 0.4) is 0 Å². The van der Waals surface area contributed by atoms with E-state index < -0.39 is 0 Å². The second-order valence-electron chi connectivity index (χ2n) is 6.15. The Hall–Kier alpha value is -1.24. The highest BCUT2D eigenvalue weighted by molar-refractivity contribution is 7.12. The summed E-state index contributed by atoms with van der Waals surface area (Å²) in [6, 6.07) is 4.52. The molecule has 6 heteroatoms. The first kappa shape index (κ1) is 14.4. The van der Waals surface area contributed by atoms with E-state index in [1.54, 1.807) is 0 Å². The molecule has 22 heavy (non-hydrogen) atoms. The van der Waals surface area contributed by atoms with Crippen LogP contribution in [0.25, 0.3) is 0 Å². The Morgan fingerprint density at radius 3 is 2.86 bits per heavy atom. The Bertz CT molecular complexity index is 584. The lowest BCUT2D eigenvalue weighted by atomic mass is 9.96. The number of nitrogens with zero attached hydrogens (tertiary/aromatic N) is 3. The lowest BCUT2D eigenvalue weighted by Crippen LogP contribution is -2.32. The molecule has 0 bridgehead atoms. The van der Waals surface area contributed by atoms with Gasteiger partial charge in [-0.3, -0.25) is 4.90 Å². The van der Waals surface area contributed by atoms with E-state index in [0.29, 0.717) is 12.0 Å². The molecule has 0 spiro atoms. The van der Waals surface area contributed by atoms with Crippen LogP contribution in [0.5, 0.6) is 0 Å². The Kier molecular flexibility index (Phi) is 4.23. The normalized spacial score (nSPS) is 24.1. The van der Waals surface area contributed by atoms with Crippen LogP contribution in [-0.2, 0) is 11.3 Å². The zero-order valence-electron chi connectivity index (χ0n) is 12.6. The van der Waals surface area contributed by atoms with E-state index in [1.807, 2.05) is 11.3 Å². The highest BCUT2D eigenvalue weighted by Gasteiger charge is 2.24. The molecule has 2 aromatic rings. The van der Waals surface area contributed by atoms with Crippen LogP contribution in [0.1, 0.15) is 53.3 Å². The minimum atomic E-state index is 0.350. The minimum Gasteiger partial charge on any atom is -0.373 e. The number of hydrogen-bond donors (Lipinski definition) is 0. The predicted molar refractivity (Wildman–Crippen MR) is 83.8 cm³/mol. The zero-order chi connectivity index (χ0) is 14.8. The van der Waals surface area contributed by atoms with Crippen molar-refractivity contribution < 1.29 is 9.26 Å². The van der Waals surface area contributed by atoms with Gasteiger partial charge in [-0.25, -0.2) is 0 Å². The summed E-state index contributed by atoms with van der Waals surface area (Å²) in [4.78, 5) is 9.56. The monoisotopic (exact) mass is 319 g/mol. The number of rotatable bonds is 4. The smallest absolute Gasteiger partial charge is 0.213 e. The lowest BCUT2D eigenvalue weighted by Gasteiger charge is -2.30. The molecule has 2 aromatic heterocycles. The molecule has 0 aliphatic carbocycles. The van der Waals surface area contributed by atoms with E-state index in [-0.39, 0.29) is 0 Å². The summed E-state index contributed by atoms with van der Waals surface area (Å²) >= 11 is 1.92. The number of hydrogen-bond acceptors (Lipinski definition) is 6. The average molecular weight is 319 g/mol. The maximum atomic E-state index is 5.77. The third-order valence-electron chi connectivity index (χ3n) is 4.64. The number of aromatic nitrogens is 2. The molecular weight excluding hydrogens is 298 g/mol. The molecule has 118 valence electrons. The first-order valence-corrected chi connectivity index (χ1v) is 8.89. The van der Waals surface area contributed by atoms with Crippen LogP contribution >= 0.6 is 11.3 Å². The Labute approximate surface area is 134 Å². The standard InChI is InChI=1S/C16H21N3O2S/c1-2-14(20-9-1)15-4-3-13(22-15)10-19-7-5-12(6-8-19)16-17-11-21-18-16/h3-4,11-12,14H,1-2,5-10H2. The number of thiophene rings is 1. The topological polar surface area (TPSA) is 51.4 Å². The summed E-state index contributed by atoms with van der Waals surface area (Å²) in [6.07, 6.45) is 6.38. The van der Waals surface area contributed by atoms with Gasteiger partial charge in [-0.15, -0.1) is 11.3 Å². The molecule has 4 rings (SSSR count). The summed E-state index contributed by atoms with van der Waals surface area (Å²) in [5.41, 5.74) is 0. The molecule has 2 aliphatic rings. The maximum absolute atomic E-state index is 5.77. The Balaban J connectivity index is 1.31. The van der Waals surface area contributed by atoms with Crippen molar-refractivity contribution in [3.63, 3.8) is 0 Å². The first-order valence-electron chi connectivity index (χ1n) is 8.07. The summed E-state index contributed by atoms with van der Waals surface area (Å²) in [7, 11) is 0. The molecule has 0 aromatic carbocycles. The summed E-state index contributed by atoms with van der Waals surface area (Å²) in [5.74, 6) is 1.33. The lowest BCUT2D eigenvalue weighted by molar-refractivity contribution is 0.114. The molecule has 2 aliphatic heterocycles. The van der Waals surface area contributed by atoms with Gasteiger partial charge in [0.05, 0.1) is 6.10 Å². The largest absolute Gasteiger partial charge is 0.373 e. The summed E-state index contributed by atoms with van der Waals surface area (Å²) in [6.45, 7) is 4.18.